The van der Waals surface area contributed by atoms with E-state index in [1.165, 1.54) is 12.1 Å². The van der Waals surface area contributed by atoms with Gasteiger partial charge < -0.3 is 4.98 Å². The van der Waals surface area contributed by atoms with E-state index in [2.05, 4.69) is 4.98 Å². The molecule has 2 aromatic rings. The van der Waals surface area contributed by atoms with Gasteiger partial charge in [0.2, 0.25) is 0 Å². The van der Waals surface area contributed by atoms with Crippen molar-refractivity contribution in [1.29, 1.82) is 0 Å². The standard InChI is InChI=1S/C9H9NO3S/c1-6-4-7-5-8(14(11,12)13)2-3-9(7)10-6/h2-5,10H,1H3,(H,11,12,13). The summed E-state index contributed by atoms with van der Waals surface area (Å²) in [5.74, 6) is 0. The van der Waals surface area contributed by atoms with E-state index in [1.807, 2.05) is 13.0 Å². The lowest BCUT2D eigenvalue weighted by atomic mass is 10.2. The summed E-state index contributed by atoms with van der Waals surface area (Å²) >= 11 is 0. The van der Waals surface area contributed by atoms with Crippen LogP contribution in [-0.2, 0) is 10.1 Å². The molecule has 0 aliphatic rings. The molecule has 0 atom stereocenters. The minimum Gasteiger partial charge on any atom is -0.359 e. The van der Waals surface area contributed by atoms with E-state index in [0.29, 0.717) is 0 Å². The second kappa shape index (κ2) is 2.83. The molecule has 0 spiro atoms. The molecule has 4 nitrogen and oxygen atoms in total. The molecule has 2 rings (SSSR count). The molecular weight excluding hydrogens is 202 g/mol. The maximum Gasteiger partial charge on any atom is 0.294 e. The number of aromatic nitrogens is 1. The number of benzene rings is 1. The Morgan fingerprint density at radius 1 is 1.29 bits per heavy atom. The zero-order valence-electron chi connectivity index (χ0n) is 7.48. The average Bonchev–Trinajstić information content (AvgIpc) is 2.41. The number of nitrogens with one attached hydrogen (secondary N) is 1. The molecule has 14 heavy (non-hydrogen) atoms. The molecule has 2 N–H and O–H groups in total. The summed E-state index contributed by atoms with van der Waals surface area (Å²) in [5.41, 5.74) is 1.81. The second-order valence-corrected chi connectivity index (χ2v) is 4.60. The van der Waals surface area contributed by atoms with Crippen LogP contribution in [0.2, 0.25) is 0 Å². The van der Waals surface area contributed by atoms with Gasteiger partial charge in [0.05, 0.1) is 4.90 Å². The van der Waals surface area contributed by atoms with Gasteiger partial charge >= 0.3 is 0 Å². The Morgan fingerprint density at radius 2 is 2.00 bits per heavy atom. The summed E-state index contributed by atoms with van der Waals surface area (Å²) in [5, 5.41) is 0.776. The highest BCUT2D eigenvalue weighted by atomic mass is 32.2. The van der Waals surface area contributed by atoms with E-state index in [0.717, 1.165) is 16.6 Å². The molecule has 0 bridgehead atoms. The molecule has 0 radical (unpaired) electrons. The van der Waals surface area contributed by atoms with Crippen molar-refractivity contribution in [1.82, 2.24) is 4.98 Å². The van der Waals surface area contributed by atoms with Crippen LogP contribution in [0.4, 0.5) is 0 Å². The fourth-order valence-corrected chi connectivity index (χ4v) is 1.93. The van der Waals surface area contributed by atoms with Crippen LogP contribution >= 0.6 is 0 Å². The van der Waals surface area contributed by atoms with Crippen molar-refractivity contribution in [2.45, 2.75) is 11.8 Å². The number of hydrogen-bond donors (Lipinski definition) is 2. The summed E-state index contributed by atoms with van der Waals surface area (Å²) < 4.78 is 30.5. The van der Waals surface area contributed by atoms with E-state index < -0.39 is 10.1 Å². The summed E-state index contributed by atoms with van der Waals surface area (Å²) in [6.45, 7) is 1.88. The fourth-order valence-electron chi connectivity index (χ4n) is 1.42. The van der Waals surface area contributed by atoms with Gasteiger partial charge in [-0.05, 0) is 31.2 Å². The third-order valence-corrected chi connectivity index (χ3v) is 2.87. The van der Waals surface area contributed by atoms with Gasteiger partial charge in [-0.2, -0.15) is 8.42 Å². The molecule has 0 saturated heterocycles. The van der Waals surface area contributed by atoms with Crippen molar-refractivity contribution < 1.29 is 13.0 Å². The Labute approximate surface area is 81.3 Å². The molecule has 1 aromatic heterocycles. The van der Waals surface area contributed by atoms with Crippen molar-refractivity contribution >= 4 is 21.0 Å². The summed E-state index contributed by atoms with van der Waals surface area (Å²) in [6.07, 6.45) is 0. The van der Waals surface area contributed by atoms with Gasteiger partial charge in [0, 0.05) is 16.6 Å². The highest BCUT2D eigenvalue weighted by Gasteiger charge is 2.10. The molecule has 1 aromatic carbocycles. The summed E-state index contributed by atoms with van der Waals surface area (Å²) in [7, 11) is -4.10. The molecule has 0 amide bonds. The number of aromatic amines is 1. The first kappa shape index (κ1) is 9.23. The third kappa shape index (κ3) is 1.51. The first-order valence-electron chi connectivity index (χ1n) is 4.04. The topological polar surface area (TPSA) is 70.2 Å². The second-order valence-electron chi connectivity index (χ2n) is 3.18. The van der Waals surface area contributed by atoms with Crippen LogP contribution in [0.1, 0.15) is 5.69 Å². The Bertz CT molecular complexity index is 583. The first-order valence-corrected chi connectivity index (χ1v) is 5.48. The third-order valence-electron chi connectivity index (χ3n) is 2.02. The smallest absolute Gasteiger partial charge is 0.294 e. The van der Waals surface area contributed by atoms with Gasteiger partial charge in [0.1, 0.15) is 0 Å². The average molecular weight is 211 g/mol. The van der Waals surface area contributed by atoms with Crippen LogP contribution in [0.15, 0.2) is 29.2 Å². The van der Waals surface area contributed by atoms with E-state index in [4.69, 9.17) is 4.55 Å². The van der Waals surface area contributed by atoms with Crippen LogP contribution in [0.3, 0.4) is 0 Å². The normalized spacial score (nSPS) is 12.1. The summed E-state index contributed by atoms with van der Waals surface area (Å²) in [4.78, 5) is 2.98. The largest absolute Gasteiger partial charge is 0.359 e. The molecule has 1 heterocycles. The lowest BCUT2D eigenvalue weighted by Crippen LogP contribution is -1.96. The first-order chi connectivity index (χ1) is 6.47. The molecule has 0 fully saturated rings. The van der Waals surface area contributed by atoms with Crippen molar-refractivity contribution in [3.8, 4) is 0 Å². The molecule has 0 aliphatic heterocycles. The lowest BCUT2D eigenvalue weighted by molar-refractivity contribution is 0.483. The summed E-state index contributed by atoms with van der Waals surface area (Å²) in [6, 6.07) is 6.26. The van der Waals surface area contributed by atoms with Crippen LogP contribution in [0.5, 0.6) is 0 Å². The van der Waals surface area contributed by atoms with Crippen molar-refractivity contribution in [2.75, 3.05) is 0 Å². The highest BCUT2D eigenvalue weighted by molar-refractivity contribution is 7.85. The van der Waals surface area contributed by atoms with Gasteiger partial charge in [0.15, 0.2) is 0 Å². The van der Waals surface area contributed by atoms with Crippen molar-refractivity contribution in [3.63, 3.8) is 0 Å². The Balaban J connectivity index is 2.74. The quantitative estimate of drug-likeness (QED) is 0.705. The Morgan fingerprint density at radius 3 is 2.64 bits per heavy atom. The van der Waals surface area contributed by atoms with Gasteiger partial charge in [0.25, 0.3) is 10.1 Å². The number of aryl methyl sites for hydroxylation is 1. The minimum atomic E-state index is -4.10. The van der Waals surface area contributed by atoms with Crippen LogP contribution in [-0.4, -0.2) is 18.0 Å². The maximum atomic E-state index is 10.8. The van der Waals surface area contributed by atoms with E-state index >= 15 is 0 Å². The minimum absolute atomic E-state index is 0.0796. The van der Waals surface area contributed by atoms with Crippen LogP contribution in [0.25, 0.3) is 10.9 Å². The van der Waals surface area contributed by atoms with E-state index in [-0.39, 0.29) is 4.90 Å². The monoisotopic (exact) mass is 211 g/mol. The van der Waals surface area contributed by atoms with E-state index in [9.17, 15) is 8.42 Å². The van der Waals surface area contributed by atoms with Gasteiger partial charge in [-0.15, -0.1) is 0 Å². The molecule has 74 valence electrons. The molecule has 0 aliphatic carbocycles. The van der Waals surface area contributed by atoms with Crippen molar-refractivity contribution in [3.05, 3.63) is 30.0 Å². The lowest BCUT2D eigenvalue weighted by Gasteiger charge is -1.95. The number of hydrogen-bond acceptors (Lipinski definition) is 2. The van der Waals surface area contributed by atoms with Gasteiger partial charge in [-0.1, -0.05) is 0 Å². The Hall–Kier alpha value is -1.33. The highest BCUT2D eigenvalue weighted by Crippen LogP contribution is 2.19. The zero-order chi connectivity index (χ0) is 10.3. The van der Waals surface area contributed by atoms with E-state index in [1.54, 1.807) is 6.07 Å². The molecule has 0 saturated carbocycles. The van der Waals surface area contributed by atoms with Crippen molar-refractivity contribution in [2.24, 2.45) is 0 Å². The molecular formula is C9H9NO3S. The number of H-pyrrole nitrogens is 1. The Kier molecular flexibility index (Phi) is 1.87. The van der Waals surface area contributed by atoms with Crippen LogP contribution in [0, 0.1) is 6.92 Å². The number of rotatable bonds is 1. The van der Waals surface area contributed by atoms with Crippen LogP contribution < -0.4 is 0 Å². The fraction of sp³-hybridized carbons (Fsp3) is 0.111. The SMILES string of the molecule is Cc1cc2cc(S(=O)(=O)O)ccc2[nH]1. The predicted octanol–water partition coefficient (Wildman–Crippen LogP) is 1.72. The maximum absolute atomic E-state index is 10.8. The van der Waals surface area contributed by atoms with Gasteiger partial charge in [-0.25, -0.2) is 0 Å². The predicted molar refractivity (Wildman–Crippen MR) is 52.9 cm³/mol. The van der Waals surface area contributed by atoms with Gasteiger partial charge in [-0.3, -0.25) is 4.55 Å². The molecule has 5 heteroatoms. The zero-order valence-corrected chi connectivity index (χ0v) is 8.30. The molecule has 0 unspecified atom stereocenters. The number of fused-ring (bicyclic) bond motifs is 1.